The number of aliphatic hydroxyl groups is 1. The Morgan fingerprint density at radius 2 is 1.83 bits per heavy atom. The van der Waals surface area contributed by atoms with Crippen molar-refractivity contribution in [1.82, 2.24) is 19.7 Å². The van der Waals surface area contributed by atoms with Gasteiger partial charge in [-0.3, -0.25) is 9.55 Å². The molecular formula is C17H18N4O2S. The van der Waals surface area contributed by atoms with Crippen LogP contribution in [0.25, 0.3) is 17.1 Å². The van der Waals surface area contributed by atoms with Crippen LogP contribution < -0.4 is 4.74 Å². The minimum absolute atomic E-state index is 0.0887. The second kappa shape index (κ2) is 7.94. The van der Waals surface area contributed by atoms with Crippen molar-refractivity contribution in [1.29, 1.82) is 0 Å². The van der Waals surface area contributed by atoms with Crippen molar-refractivity contribution < 1.29 is 9.84 Å². The fourth-order valence-corrected chi connectivity index (χ4v) is 2.97. The molecule has 0 aliphatic carbocycles. The summed E-state index contributed by atoms with van der Waals surface area (Å²) in [6.45, 7) is 2.68. The van der Waals surface area contributed by atoms with Crippen LogP contribution in [-0.2, 0) is 0 Å². The lowest BCUT2D eigenvalue weighted by molar-refractivity contribution is 0.322. The van der Waals surface area contributed by atoms with Gasteiger partial charge >= 0.3 is 0 Å². The van der Waals surface area contributed by atoms with Crippen molar-refractivity contribution in [3.8, 4) is 22.8 Å². The molecule has 0 unspecified atom stereocenters. The number of nitrogens with zero attached hydrogens (tertiary/aromatic N) is 4. The predicted octanol–water partition coefficient (Wildman–Crippen LogP) is 2.81. The number of aromatic nitrogens is 4. The van der Waals surface area contributed by atoms with Crippen molar-refractivity contribution in [2.75, 3.05) is 19.0 Å². The highest BCUT2D eigenvalue weighted by Gasteiger charge is 2.16. The quantitative estimate of drug-likeness (QED) is 0.666. The SMILES string of the molecule is CCOc1ccc(-n2c(SCCO)nnc2-c2ccncc2)cc1. The normalized spacial score (nSPS) is 10.8. The molecule has 0 bridgehead atoms. The fraction of sp³-hybridized carbons (Fsp3) is 0.235. The average Bonchev–Trinajstić information content (AvgIpc) is 3.05. The highest BCUT2D eigenvalue weighted by molar-refractivity contribution is 7.99. The van der Waals surface area contributed by atoms with Gasteiger partial charge in [-0.25, -0.2) is 0 Å². The van der Waals surface area contributed by atoms with E-state index < -0.39 is 0 Å². The molecule has 1 aromatic carbocycles. The molecule has 24 heavy (non-hydrogen) atoms. The number of aliphatic hydroxyl groups excluding tert-OH is 1. The van der Waals surface area contributed by atoms with Crippen LogP contribution in [0.2, 0.25) is 0 Å². The molecule has 0 aliphatic rings. The Balaban J connectivity index is 2.04. The second-order valence-electron chi connectivity index (χ2n) is 4.88. The Labute approximate surface area is 144 Å². The number of thioether (sulfide) groups is 1. The lowest BCUT2D eigenvalue weighted by Gasteiger charge is -2.11. The first kappa shape index (κ1) is 16.5. The van der Waals surface area contributed by atoms with E-state index in [1.807, 2.05) is 47.9 Å². The number of hydrogen-bond acceptors (Lipinski definition) is 6. The Bertz CT molecular complexity index is 775. The minimum atomic E-state index is 0.0887. The van der Waals surface area contributed by atoms with Crippen LogP contribution in [0.1, 0.15) is 6.92 Å². The van der Waals surface area contributed by atoms with Crippen molar-refractivity contribution in [3.05, 3.63) is 48.8 Å². The third-order valence-corrected chi connectivity index (χ3v) is 4.21. The monoisotopic (exact) mass is 342 g/mol. The Morgan fingerprint density at radius 1 is 1.08 bits per heavy atom. The number of rotatable bonds is 7. The van der Waals surface area contributed by atoms with Crippen molar-refractivity contribution in [2.45, 2.75) is 12.1 Å². The molecule has 0 amide bonds. The summed E-state index contributed by atoms with van der Waals surface area (Å²) < 4.78 is 7.48. The van der Waals surface area contributed by atoms with E-state index in [2.05, 4.69) is 15.2 Å². The molecule has 3 rings (SSSR count). The van der Waals surface area contributed by atoms with Gasteiger partial charge in [-0.05, 0) is 43.3 Å². The van der Waals surface area contributed by atoms with E-state index in [0.717, 1.165) is 28.0 Å². The van der Waals surface area contributed by atoms with E-state index >= 15 is 0 Å². The highest BCUT2D eigenvalue weighted by atomic mass is 32.2. The number of ether oxygens (including phenoxy) is 1. The first-order chi connectivity index (χ1) is 11.8. The van der Waals surface area contributed by atoms with Crippen molar-refractivity contribution in [3.63, 3.8) is 0 Å². The summed E-state index contributed by atoms with van der Waals surface area (Å²) in [6.07, 6.45) is 3.46. The van der Waals surface area contributed by atoms with Gasteiger partial charge in [0.1, 0.15) is 5.75 Å². The minimum Gasteiger partial charge on any atom is -0.494 e. The third kappa shape index (κ3) is 3.58. The number of hydrogen-bond donors (Lipinski definition) is 1. The molecule has 2 aromatic heterocycles. The van der Waals surface area contributed by atoms with Gasteiger partial charge in [0.2, 0.25) is 0 Å². The standard InChI is InChI=1S/C17H18N4O2S/c1-2-23-15-5-3-14(4-6-15)21-16(13-7-9-18-10-8-13)19-20-17(21)24-12-11-22/h3-10,22H,2,11-12H2,1H3. The lowest BCUT2D eigenvalue weighted by atomic mass is 10.2. The first-order valence-corrected chi connectivity index (χ1v) is 8.64. The van der Waals surface area contributed by atoms with Crippen LogP contribution in [0.3, 0.4) is 0 Å². The molecule has 0 radical (unpaired) electrons. The predicted molar refractivity (Wildman–Crippen MR) is 93.6 cm³/mol. The Kier molecular flexibility index (Phi) is 5.45. The van der Waals surface area contributed by atoms with E-state index in [1.165, 1.54) is 11.8 Å². The molecular weight excluding hydrogens is 324 g/mol. The molecule has 6 nitrogen and oxygen atoms in total. The molecule has 0 spiro atoms. The van der Waals surface area contributed by atoms with Gasteiger partial charge in [-0.2, -0.15) is 0 Å². The van der Waals surface area contributed by atoms with E-state index in [0.29, 0.717) is 12.4 Å². The van der Waals surface area contributed by atoms with Crippen molar-refractivity contribution in [2.24, 2.45) is 0 Å². The maximum atomic E-state index is 9.11. The maximum Gasteiger partial charge on any atom is 0.196 e. The summed E-state index contributed by atoms with van der Waals surface area (Å²) in [6, 6.07) is 11.6. The highest BCUT2D eigenvalue weighted by Crippen LogP contribution is 2.28. The lowest BCUT2D eigenvalue weighted by Crippen LogP contribution is -2.01. The first-order valence-electron chi connectivity index (χ1n) is 7.66. The van der Waals surface area contributed by atoms with Crippen LogP contribution >= 0.6 is 11.8 Å². The molecule has 2 heterocycles. The summed E-state index contributed by atoms with van der Waals surface area (Å²) in [5, 5.41) is 18.4. The fourth-order valence-electron chi connectivity index (χ4n) is 2.28. The summed E-state index contributed by atoms with van der Waals surface area (Å²) >= 11 is 1.46. The van der Waals surface area contributed by atoms with E-state index in [4.69, 9.17) is 9.84 Å². The van der Waals surface area contributed by atoms with Gasteiger partial charge in [0.25, 0.3) is 0 Å². The molecule has 3 aromatic rings. The van der Waals surface area contributed by atoms with Crippen LogP contribution in [0.5, 0.6) is 5.75 Å². The smallest absolute Gasteiger partial charge is 0.196 e. The summed E-state index contributed by atoms with van der Waals surface area (Å²) in [4.78, 5) is 4.05. The molecule has 0 atom stereocenters. The Hall–Kier alpha value is -2.38. The van der Waals surface area contributed by atoms with E-state index in [9.17, 15) is 0 Å². The van der Waals surface area contributed by atoms with Gasteiger partial charge in [-0.1, -0.05) is 11.8 Å². The maximum absolute atomic E-state index is 9.11. The zero-order valence-electron chi connectivity index (χ0n) is 13.3. The molecule has 124 valence electrons. The number of benzene rings is 1. The van der Waals surface area contributed by atoms with Crippen LogP contribution in [-0.4, -0.2) is 43.8 Å². The van der Waals surface area contributed by atoms with Gasteiger partial charge in [0.15, 0.2) is 11.0 Å². The van der Waals surface area contributed by atoms with Gasteiger partial charge in [-0.15, -0.1) is 10.2 Å². The van der Waals surface area contributed by atoms with E-state index in [-0.39, 0.29) is 6.61 Å². The van der Waals surface area contributed by atoms with Gasteiger partial charge < -0.3 is 9.84 Å². The zero-order chi connectivity index (χ0) is 16.8. The number of pyridine rings is 1. The topological polar surface area (TPSA) is 73.1 Å². The van der Waals surface area contributed by atoms with Gasteiger partial charge in [0.05, 0.1) is 13.2 Å². The molecule has 0 fully saturated rings. The summed E-state index contributed by atoms with van der Waals surface area (Å²) in [5.41, 5.74) is 1.87. The average molecular weight is 342 g/mol. The molecule has 0 saturated carbocycles. The second-order valence-corrected chi connectivity index (χ2v) is 5.94. The molecule has 0 aliphatic heterocycles. The van der Waals surface area contributed by atoms with Crippen LogP contribution in [0.4, 0.5) is 0 Å². The molecule has 1 N–H and O–H groups in total. The summed E-state index contributed by atoms with van der Waals surface area (Å²) in [5.74, 6) is 2.12. The summed E-state index contributed by atoms with van der Waals surface area (Å²) in [7, 11) is 0. The zero-order valence-corrected chi connectivity index (χ0v) is 14.1. The third-order valence-electron chi connectivity index (χ3n) is 3.30. The van der Waals surface area contributed by atoms with E-state index in [1.54, 1.807) is 12.4 Å². The van der Waals surface area contributed by atoms with Crippen LogP contribution in [0, 0.1) is 0 Å². The largest absolute Gasteiger partial charge is 0.494 e. The molecule has 0 saturated heterocycles. The Morgan fingerprint density at radius 3 is 2.50 bits per heavy atom. The van der Waals surface area contributed by atoms with Crippen molar-refractivity contribution >= 4 is 11.8 Å². The van der Waals surface area contributed by atoms with Gasteiger partial charge in [0, 0.05) is 29.4 Å². The molecule has 7 heteroatoms. The van der Waals surface area contributed by atoms with Crippen LogP contribution in [0.15, 0.2) is 53.9 Å².